The Balaban J connectivity index is 1.60. The van der Waals surface area contributed by atoms with Gasteiger partial charge in [-0.15, -0.1) is 23.1 Å². The number of carboxylic acid groups (broad SMARTS) is 2. The third kappa shape index (κ3) is 13.1. The van der Waals surface area contributed by atoms with Gasteiger partial charge in [-0.05, 0) is 19.8 Å². The zero-order valence-electron chi connectivity index (χ0n) is 28.9. The first kappa shape index (κ1) is 43.2. The number of oxime groups is 1. The van der Waals surface area contributed by atoms with E-state index in [4.69, 9.17) is 16.3 Å². The molecular formula is C29H35N11O10PS4-. The topological polar surface area (TPSA) is 337 Å². The number of aliphatic carboxylic acids is 2. The number of ketones is 1. The summed E-state index contributed by atoms with van der Waals surface area (Å²) in [7, 11) is -2.90. The molecule has 0 bridgehead atoms. The maximum Gasteiger partial charge on any atom is 0.429 e. The minimum Gasteiger partial charge on any atom is -0.548 e. The molecule has 0 saturated carbocycles. The first-order valence-corrected chi connectivity index (χ1v) is 21.1. The Kier molecular flexibility index (Phi) is 15.6. The fraction of sp³-hybridized carbons (Fsp3) is 0.379. The zero-order chi connectivity index (χ0) is 40.3. The average Bonchev–Trinajstić information content (AvgIpc) is 3.78. The number of guanidine groups is 1. The molecular weight excluding hydrogens is 822 g/mol. The third-order valence-electron chi connectivity index (χ3n) is 7.18. The van der Waals surface area contributed by atoms with Gasteiger partial charge in [-0.2, -0.15) is 9.36 Å². The highest BCUT2D eigenvalue weighted by Crippen LogP contribution is 2.40. The molecule has 3 aromatic heterocycles. The molecule has 1 aliphatic rings. The van der Waals surface area contributed by atoms with E-state index < -0.39 is 60.8 Å². The summed E-state index contributed by atoms with van der Waals surface area (Å²) in [6, 6.07) is 2.56. The molecule has 4 heterocycles. The zero-order valence-corrected chi connectivity index (χ0v) is 33.1. The number of carbonyl (C=O) groups is 4. The number of aliphatic imine (C=N–C) groups is 1. The minimum absolute atomic E-state index is 0.00419. The first-order chi connectivity index (χ1) is 26.0. The van der Waals surface area contributed by atoms with Crippen molar-refractivity contribution in [2.45, 2.75) is 41.9 Å². The predicted molar refractivity (Wildman–Crippen MR) is 200 cm³/mol. The number of nitrogens with zero attached hydrogens (tertiary/aromatic N) is 6. The molecule has 26 heteroatoms. The van der Waals surface area contributed by atoms with Crippen molar-refractivity contribution in [3.8, 4) is 11.3 Å². The smallest absolute Gasteiger partial charge is 0.429 e. The predicted octanol–water partition coefficient (Wildman–Crippen LogP) is -1.99. The van der Waals surface area contributed by atoms with Crippen LogP contribution in [0.1, 0.15) is 32.0 Å². The number of amides is 1. The Labute approximate surface area is 329 Å². The molecule has 0 saturated heterocycles. The summed E-state index contributed by atoms with van der Waals surface area (Å²) in [6.07, 6.45) is 3.30. The number of hydrogen-bond donors (Lipinski definition) is 7. The third-order valence-corrected chi connectivity index (χ3v) is 11.9. The molecule has 1 amide bonds. The number of anilines is 1. The number of thioether (sulfide) groups is 2. The van der Waals surface area contributed by atoms with Crippen LogP contribution in [0.5, 0.6) is 0 Å². The lowest BCUT2D eigenvalue weighted by Crippen LogP contribution is -2.51. The first-order valence-electron chi connectivity index (χ1n) is 15.9. The van der Waals surface area contributed by atoms with Crippen molar-refractivity contribution in [2.75, 3.05) is 24.0 Å². The molecule has 3 aromatic rings. The van der Waals surface area contributed by atoms with Crippen molar-refractivity contribution in [2.24, 2.45) is 34.6 Å². The van der Waals surface area contributed by atoms with Gasteiger partial charge in [-0.1, -0.05) is 16.9 Å². The maximum atomic E-state index is 13.8. The van der Waals surface area contributed by atoms with Gasteiger partial charge in [0.05, 0.1) is 34.6 Å². The van der Waals surface area contributed by atoms with E-state index in [0.717, 1.165) is 29.1 Å². The van der Waals surface area contributed by atoms with E-state index in [1.54, 1.807) is 6.92 Å². The van der Waals surface area contributed by atoms with E-state index in [1.165, 1.54) is 11.3 Å². The molecule has 296 valence electrons. The highest BCUT2D eigenvalue weighted by molar-refractivity contribution is 8.07. The van der Waals surface area contributed by atoms with E-state index in [-0.39, 0.29) is 54.4 Å². The number of aryl methyl sites for hydroxylation is 1. The van der Waals surface area contributed by atoms with Crippen molar-refractivity contribution in [1.29, 1.82) is 0 Å². The van der Waals surface area contributed by atoms with Crippen LogP contribution in [0, 0.1) is 5.92 Å². The van der Waals surface area contributed by atoms with Gasteiger partial charge in [-0.3, -0.25) is 25.0 Å². The normalized spacial score (nSPS) is 16.2. The molecule has 1 aliphatic heterocycles. The van der Waals surface area contributed by atoms with Gasteiger partial charge in [0.1, 0.15) is 13.7 Å². The second-order valence-corrected chi connectivity index (χ2v) is 16.7. The molecule has 3 atom stereocenters. The molecule has 21 nitrogen and oxygen atoms in total. The van der Waals surface area contributed by atoms with Crippen molar-refractivity contribution in [1.82, 2.24) is 25.0 Å². The lowest BCUT2D eigenvalue weighted by atomic mass is 9.98. The van der Waals surface area contributed by atoms with Crippen LogP contribution in [0.2, 0.25) is 0 Å². The molecule has 0 unspecified atom stereocenters. The largest absolute Gasteiger partial charge is 0.548 e. The van der Waals surface area contributed by atoms with Gasteiger partial charge in [0, 0.05) is 64.3 Å². The number of aromatic nitrogens is 4. The molecule has 0 aliphatic carbocycles. The lowest BCUT2D eigenvalue weighted by Gasteiger charge is -2.33. The summed E-state index contributed by atoms with van der Waals surface area (Å²) >= 11 is 4.05. The summed E-state index contributed by atoms with van der Waals surface area (Å²) in [5, 5.41) is 34.6. The monoisotopic (exact) mass is 856 g/mol. The van der Waals surface area contributed by atoms with Crippen LogP contribution < -0.4 is 42.0 Å². The van der Waals surface area contributed by atoms with Crippen LogP contribution in [0.25, 0.3) is 11.3 Å². The van der Waals surface area contributed by atoms with Crippen LogP contribution in [-0.2, 0) is 35.6 Å². The van der Waals surface area contributed by atoms with Gasteiger partial charge in [0.2, 0.25) is 16.9 Å². The number of rotatable bonds is 19. The minimum atomic E-state index is -4.78. The number of carbonyl (C=O) groups excluding carboxylic acids is 4. The fourth-order valence-electron chi connectivity index (χ4n) is 4.54. The second-order valence-electron chi connectivity index (χ2n) is 11.3. The number of nitrogens with one attached hydrogen (secondary N) is 3. The molecule has 9 N–H and O–H groups in total. The Hall–Kier alpha value is -4.49. The summed E-state index contributed by atoms with van der Waals surface area (Å²) in [5.41, 5.74) is 12.1. The lowest BCUT2D eigenvalue weighted by molar-refractivity contribution is -0.671. The number of hydrogen-bond acceptors (Lipinski definition) is 19. The number of Topliss-reactive ketones (excluding diaryl/α,β-unsaturated/α-hetero) is 1. The standard InChI is InChI=1S/C29H36N11O10PS4/c1-3-50-37-20(22-35-28(55-39-22)38-51(47,48)49)18(41)11-15(23(42)36-27(31)32-8-4-5-16(30)25(43)44)24-34-21(26(45)46)19(13-52-24)54-29-33-17(12-53-29)14-6-9-40(2)10-7-14/h6-7,9-10,12,15-16,24,34H,3-5,8,11,13,30H2,1-2H3,(H7-,31,32,35,36,38,39,42,43,44,45,46,47,48,49)/p-1/b37-20-/t15-,16-,24-/m1/s1. The quantitative estimate of drug-likeness (QED) is 0.0171. The van der Waals surface area contributed by atoms with E-state index in [1.807, 2.05) is 46.6 Å². The van der Waals surface area contributed by atoms with Crippen LogP contribution in [0.3, 0.4) is 0 Å². The van der Waals surface area contributed by atoms with Crippen molar-refractivity contribution >= 4 is 94.6 Å². The molecule has 55 heavy (non-hydrogen) atoms. The van der Waals surface area contributed by atoms with Crippen molar-refractivity contribution in [3.05, 3.63) is 46.3 Å². The van der Waals surface area contributed by atoms with Crippen LogP contribution in [0.15, 0.2) is 55.0 Å². The summed E-state index contributed by atoms with van der Waals surface area (Å²) in [5.74, 6) is -6.76. The molecule has 0 spiro atoms. The molecule has 0 aromatic carbocycles. The van der Waals surface area contributed by atoms with E-state index in [9.17, 15) is 43.7 Å². The van der Waals surface area contributed by atoms with Gasteiger partial charge >= 0.3 is 7.75 Å². The van der Waals surface area contributed by atoms with Gasteiger partial charge in [0.25, 0.3) is 0 Å². The van der Waals surface area contributed by atoms with Crippen LogP contribution in [0.4, 0.5) is 5.13 Å². The van der Waals surface area contributed by atoms with Gasteiger partial charge < -0.3 is 51.2 Å². The summed E-state index contributed by atoms with van der Waals surface area (Å²) in [4.78, 5) is 87.4. The van der Waals surface area contributed by atoms with E-state index in [2.05, 4.69) is 35.1 Å². The number of carboxylic acids is 2. The van der Waals surface area contributed by atoms with E-state index in [0.29, 0.717) is 26.5 Å². The maximum absolute atomic E-state index is 13.8. The second kappa shape index (κ2) is 19.9. The van der Waals surface area contributed by atoms with Crippen LogP contribution >= 0.6 is 54.1 Å². The van der Waals surface area contributed by atoms with Crippen molar-refractivity contribution < 1.29 is 53.1 Å². The molecule has 0 radical (unpaired) electrons. The SMILES string of the molecule is CCO/N=C(/C(=O)C[C@H](C(=O)NC(N)=NCCC[C@@H](N)C(=O)[O-])[C@@H]1NC(C(=O)[O-])=C(Sc2nc(-c3cc[n+](C)cc3)cs2)CS1)c1nsc(NP(=O)(O)O)n1. The highest BCUT2D eigenvalue weighted by Gasteiger charge is 2.37. The Morgan fingerprint density at radius 3 is 2.62 bits per heavy atom. The Morgan fingerprint density at radius 2 is 1.96 bits per heavy atom. The highest BCUT2D eigenvalue weighted by atomic mass is 32.2. The number of thiazole rings is 1. The Bertz CT molecular complexity index is 2020. The van der Waals surface area contributed by atoms with Crippen LogP contribution in [-0.4, -0.2) is 89.7 Å². The van der Waals surface area contributed by atoms with Gasteiger partial charge in [-0.25, -0.2) is 14.1 Å². The number of nitrogens with two attached hydrogens (primary N) is 2. The van der Waals surface area contributed by atoms with E-state index >= 15 is 0 Å². The van der Waals surface area contributed by atoms with Gasteiger partial charge in [0.15, 0.2) is 34.2 Å². The fourth-order valence-corrected chi connectivity index (χ4v) is 9.15. The summed E-state index contributed by atoms with van der Waals surface area (Å²) < 4.78 is 17.8. The molecule has 0 fully saturated rings. The van der Waals surface area contributed by atoms with Crippen molar-refractivity contribution in [3.63, 3.8) is 0 Å². The average molecular weight is 857 g/mol. The number of pyridine rings is 1. The Morgan fingerprint density at radius 1 is 1.24 bits per heavy atom. The molecule has 4 rings (SSSR count). The summed E-state index contributed by atoms with van der Waals surface area (Å²) in [6.45, 7) is 1.56.